The smallest absolute Gasteiger partial charge is 0.0157 e. The lowest BCUT2D eigenvalue weighted by Crippen LogP contribution is -2.36. The van der Waals surface area contributed by atoms with E-state index in [1.54, 1.807) is 0 Å². The zero-order chi connectivity index (χ0) is 13.3. The predicted molar refractivity (Wildman–Crippen MR) is 81.8 cm³/mol. The predicted octanol–water partition coefficient (Wildman–Crippen LogP) is 5.42. The van der Waals surface area contributed by atoms with Crippen LogP contribution >= 0.6 is 0 Å². The molecule has 0 bridgehead atoms. The minimum Gasteiger partial charge on any atom is -0.325 e. The molecular formula is C17H35N. The molecule has 2 unspecified atom stereocenters. The van der Waals surface area contributed by atoms with Gasteiger partial charge in [-0.3, -0.25) is 0 Å². The Labute approximate surface area is 115 Å². The van der Waals surface area contributed by atoms with Gasteiger partial charge in [0.25, 0.3) is 0 Å². The molecule has 0 aliphatic heterocycles. The van der Waals surface area contributed by atoms with Crippen molar-refractivity contribution in [3.8, 4) is 0 Å². The highest BCUT2D eigenvalue weighted by atomic mass is 14.8. The third-order valence-corrected chi connectivity index (χ3v) is 4.85. The van der Waals surface area contributed by atoms with Gasteiger partial charge in [0, 0.05) is 5.54 Å². The maximum absolute atomic E-state index is 6.51. The fourth-order valence-corrected chi connectivity index (χ4v) is 3.46. The van der Waals surface area contributed by atoms with Crippen LogP contribution in [0, 0.1) is 5.92 Å². The Morgan fingerprint density at radius 2 is 1.56 bits per heavy atom. The minimum atomic E-state index is 0.211. The van der Waals surface area contributed by atoms with E-state index >= 15 is 0 Å². The van der Waals surface area contributed by atoms with Crippen molar-refractivity contribution in [2.24, 2.45) is 11.7 Å². The first-order valence-electron chi connectivity index (χ1n) is 8.49. The Balaban J connectivity index is 1.94. The van der Waals surface area contributed by atoms with Crippen LogP contribution in [0.2, 0.25) is 0 Å². The van der Waals surface area contributed by atoms with Gasteiger partial charge in [0.15, 0.2) is 0 Å². The second kappa shape index (κ2) is 8.96. The zero-order valence-corrected chi connectivity index (χ0v) is 12.8. The van der Waals surface area contributed by atoms with Crippen LogP contribution in [0.3, 0.4) is 0 Å². The fraction of sp³-hybridized carbons (Fsp3) is 1.00. The average Bonchev–Trinajstić information content (AvgIpc) is 2.75. The molecule has 1 nitrogen and oxygen atoms in total. The second-order valence-electron chi connectivity index (χ2n) is 6.60. The first-order chi connectivity index (χ1) is 8.70. The SMILES string of the molecule is CCCCCCCCCCC1(N)CCC(CC)C1. The van der Waals surface area contributed by atoms with Crippen molar-refractivity contribution in [1.82, 2.24) is 0 Å². The Hall–Kier alpha value is -0.0400. The molecule has 0 amide bonds. The van der Waals surface area contributed by atoms with Crippen LogP contribution in [-0.4, -0.2) is 5.54 Å². The maximum atomic E-state index is 6.51. The summed E-state index contributed by atoms with van der Waals surface area (Å²) < 4.78 is 0. The molecule has 1 heteroatoms. The molecule has 0 spiro atoms. The van der Waals surface area contributed by atoms with Crippen molar-refractivity contribution in [2.75, 3.05) is 0 Å². The summed E-state index contributed by atoms with van der Waals surface area (Å²) in [5.41, 5.74) is 6.72. The van der Waals surface area contributed by atoms with Crippen LogP contribution < -0.4 is 5.73 Å². The second-order valence-corrected chi connectivity index (χ2v) is 6.60. The monoisotopic (exact) mass is 253 g/mol. The van der Waals surface area contributed by atoms with E-state index in [9.17, 15) is 0 Å². The van der Waals surface area contributed by atoms with Gasteiger partial charge in [-0.25, -0.2) is 0 Å². The van der Waals surface area contributed by atoms with Crippen LogP contribution in [0.15, 0.2) is 0 Å². The van der Waals surface area contributed by atoms with E-state index in [0.717, 1.165) is 5.92 Å². The number of nitrogens with two attached hydrogens (primary N) is 1. The Bertz CT molecular complexity index is 202. The lowest BCUT2D eigenvalue weighted by atomic mass is 9.90. The molecule has 0 radical (unpaired) electrons. The zero-order valence-electron chi connectivity index (χ0n) is 12.8. The molecule has 0 aromatic heterocycles. The van der Waals surface area contributed by atoms with Gasteiger partial charge in [0.2, 0.25) is 0 Å². The standard InChI is InChI=1S/C17H35N/c1-3-5-6-7-8-9-10-11-13-17(18)14-12-16(4-2)15-17/h16H,3-15,18H2,1-2H3. The number of unbranched alkanes of at least 4 members (excludes halogenated alkanes) is 7. The summed E-state index contributed by atoms with van der Waals surface area (Å²) in [5.74, 6) is 0.920. The van der Waals surface area contributed by atoms with Gasteiger partial charge < -0.3 is 5.73 Å². The van der Waals surface area contributed by atoms with Gasteiger partial charge in [-0.15, -0.1) is 0 Å². The van der Waals surface area contributed by atoms with Crippen molar-refractivity contribution in [3.05, 3.63) is 0 Å². The summed E-state index contributed by atoms with van der Waals surface area (Å²) in [6.45, 7) is 4.60. The largest absolute Gasteiger partial charge is 0.325 e. The van der Waals surface area contributed by atoms with Crippen LogP contribution in [0.1, 0.15) is 97.3 Å². The van der Waals surface area contributed by atoms with E-state index in [-0.39, 0.29) is 5.54 Å². The molecule has 1 aliphatic rings. The van der Waals surface area contributed by atoms with Crippen molar-refractivity contribution in [2.45, 2.75) is 103 Å². The fourth-order valence-electron chi connectivity index (χ4n) is 3.46. The van der Waals surface area contributed by atoms with E-state index in [1.807, 2.05) is 0 Å². The van der Waals surface area contributed by atoms with Crippen molar-refractivity contribution < 1.29 is 0 Å². The number of hydrogen-bond acceptors (Lipinski definition) is 1. The summed E-state index contributed by atoms with van der Waals surface area (Å²) in [4.78, 5) is 0. The van der Waals surface area contributed by atoms with Crippen LogP contribution in [0.4, 0.5) is 0 Å². The molecule has 1 aliphatic carbocycles. The Kier molecular flexibility index (Phi) is 7.97. The quantitative estimate of drug-likeness (QED) is 0.516. The van der Waals surface area contributed by atoms with Crippen molar-refractivity contribution in [1.29, 1.82) is 0 Å². The first kappa shape index (κ1) is 16.0. The molecule has 1 rings (SSSR count). The van der Waals surface area contributed by atoms with Crippen molar-refractivity contribution in [3.63, 3.8) is 0 Å². The van der Waals surface area contributed by atoms with Crippen molar-refractivity contribution >= 4 is 0 Å². The van der Waals surface area contributed by atoms with E-state index < -0.39 is 0 Å². The molecule has 0 aromatic carbocycles. The maximum Gasteiger partial charge on any atom is 0.0157 e. The van der Waals surface area contributed by atoms with Gasteiger partial charge in [0.05, 0.1) is 0 Å². The normalized spacial score (nSPS) is 27.8. The van der Waals surface area contributed by atoms with Crippen LogP contribution in [-0.2, 0) is 0 Å². The average molecular weight is 253 g/mol. The van der Waals surface area contributed by atoms with Gasteiger partial charge in [-0.2, -0.15) is 0 Å². The van der Waals surface area contributed by atoms with Gasteiger partial charge in [0.1, 0.15) is 0 Å². The third-order valence-electron chi connectivity index (χ3n) is 4.85. The highest BCUT2D eigenvalue weighted by Crippen LogP contribution is 2.37. The summed E-state index contributed by atoms with van der Waals surface area (Å²) in [6, 6.07) is 0. The number of rotatable bonds is 10. The summed E-state index contributed by atoms with van der Waals surface area (Å²) >= 11 is 0. The molecule has 2 N–H and O–H groups in total. The molecule has 1 saturated carbocycles. The molecule has 108 valence electrons. The lowest BCUT2D eigenvalue weighted by molar-refractivity contribution is 0.364. The van der Waals surface area contributed by atoms with E-state index in [0.29, 0.717) is 0 Å². The highest BCUT2D eigenvalue weighted by molar-refractivity contribution is 4.92. The van der Waals surface area contributed by atoms with Gasteiger partial charge in [-0.1, -0.05) is 71.6 Å². The summed E-state index contributed by atoms with van der Waals surface area (Å²) in [5, 5.41) is 0. The first-order valence-corrected chi connectivity index (χ1v) is 8.49. The van der Waals surface area contributed by atoms with E-state index in [2.05, 4.69) is 13.8 Å². The molecule has 0 saturated heterocycles. The highest BCUT2D eigenvalue weighted by Gasteiger charge is 2.33. The van der Waals surface area contributed by atoms with E-state index in [1.165, 1.54) is 83.5 Å². The Morgan fingerprint density at radius 3 is 2.11 bits per heavy atom. The molecular weight excluding hydrogens is 218 g/mol. The summed E-state index contributed by atoms with van der Waals surface area (Å²) in [7, 11) is 0. The van der Waals surface area contributed by atoms with Gasteiger partial charge in [-0.05, 0) is 31.6 Å². The topological polar surface area (TPSA) is 26.0 Å². The van der Waals surface area contributed by atoms with E-state index in [4.69, 9.17) is 5.73 Å². The lowest BCUT2D eigenvalue weighted by Gasteiger charge is -2.24. The van der Waals surface area contributed by atoms with Crippen LogP contribution in [0.5, 0.6) is 0 Å². The van der Waals surface area contributed by atoms with Crippen LogP contribution in [0.25, 0.3) is 0 Å². The molecule has 0 heterocycles. The Morgan fingerprint density at radius 1 is 0.944 bits per heavy atom. The molecule has 2 atom stereocenters. The molecule has 18 heavy (non-hydrogen) atoms. The minimum absolute atomic E-state index is 0.211. The summed E-state index contributed by atoms with van der Waals surface area (Å²) in [6.07, 6.45) is 17.9. The molecule has 0 aromatic rings. The molecule has 1 fully saturated rings. The third kappa shape index (κ3) is 6.22. The van der Waals surface area contributed by atoms with Gasteiger partial charge >= 0.3 is 0 Å². The number of hydrogen-bond donors (Lipinski definition) is 1.